The van der Waals surface area contributed by atoms with Crippen LogP contribution >= 0.6 is 11.3 Å². The van der Waals surface area contributed by atoms with E-state index in [-0.39, 0.29) is 0 Å². The minimum atomic E-state index is 0.654. The summed E-state index contributed by atoms with van der Waals surface area (Å²) < 4.78 is 4.89. The Morgan fingerprint density at radius 3 is 1.81 bits per heavy atom. The van der Waals surface area contributed by atoms with Gasteiger partial charge < -0.3 is 0 Å². The third-order valence-electron chi connectivity index (χ3n) is 9.42. The highest BCUT2D eigenvalue weighted by Gasteiger charge is 2.22. The highest BCUT2D eigenvalue weighted by atomic mass is 32.1. The van der Waals surface area contributed by atoms with E-state index in [1.165, 1.54) is 52.8 Å². The summed E-state index contributed by atoms with van der Waals surface area (Å²) in [7, 11) is 0. The van der Waals surface area contributed by atoms with Gasteiger partial charge in [-0.3, -0.25) is 4.57 Å². The van der Waals surface area contributed by atoms with Crippen LogP contribution in [0.4, 0.5) is 0 Å². The summed E-state index contributed by atoms with van der Waals surface area (Å²) in [4.78, 5) is 10.7. The standard InChI is InChI=1S/C44H27N3S/c1-3-14-29(15-4-1)37-27-38(30-16-5-2-6-17-30)46-44(45-37)47-39-26-25-28-13-7-8-18-31(28)41(39)36-23-11-20-33(42(36)47)35-22-12-21-34-32-19-9-10-24-40(32)48-43(34)35/h1-27H. The van der Waals surface area contributed by atoms with Crippen molar-refractivity contribution in [1.82, 2.24) is 14.5 Å². The first-order valence-electron chi connectivity index (χ1n) is 16.2. The third kappa shape index (κ3) is 4.13. The smallest absolute Gasteiger partial charge is 0.235 e. The van der Waals surface area contributed by atoms with Crippen LogP contribution in [-0.2, 0) is 0 Å². The predicted molar refractivity (Wildman–Crippen MR) is 203 cm³/mol. The molecule has 0 saturated carbocycles. The molecule has 3 aromatic heterocycles. The Hall–Kier alpha value is -6.10. The molecule has 10 aromatic rings. The molecule has 10 rings (SSSR count). The fourth-order valence-electron chi connectivity index (χ4n) is 7.27. The van der Waals surface area contributed by atoms with Crippen molar-refractivity contribution in [2.24, 2.45) is 0 Å². The van der Waals surface area contributed by atoms with Crippen molar-refractivity contribution in [2.45, 2.75) is 0 Å². The first-order valence-corrected chi connectivity index (χ1v) is 17.0. The van der Waals surface area contributed by atoms with E-state index in [1.54, 1.807) is 0 Å². The largest absolute Gasteiger partial charge is 0.277 e. The van der Waals surface area contributed by atoms with Crippen LogP contribution in [0.1, 0.15) is 0 Å². The number of fused-ring (bicyclic) bond motifs is 8. The predicted octanol–water partition coefficient (Wildman–Crippen LogP) is 12.1. The van der Waals surface area contributed by atoms with Gasteiger partial charge in [-0.2, -0.15) is 0 Å². The molecule has 0 fully saturated rings. The zero-order valence-corrected chi connectivity index (χ0v) is 26.7. The molecule has 0 bridgehead atoms. The van der Waals surface area contributed by atoms with Gasteiger partial charge >= 0.3 is 0 Å². The van der Waals surface area contributed by atoms with Gasteiger partial charge in [-0.1, -0.05) is 146 Å². The number of rotatable bonds is 4. The quantitative estimate of drug-likeness (QED) is 0.194. The highest BCUT2D eigenvalue weighted by Crippen LogP contribution is 2.45. The van der Waals surface area contributed by atoms with Crippen LogP contribution in [0.25, 0.3) is 92.3 Å². The van der Waals surface area contributed by atoms with Crippen molar-refractivity contribution < 1.29 is 0 Å². The highest BCUT2D eigenvalue weighted by molar-refractivity contribution is 7.26. The number of para-hydroxylation sites is 1. The SMILES string of the molecule is c1ccc(-c2cc(-c3ccccc3)nc(-n3c4ccc5ccccc5c4c4cccc(-c5cccc6c5sc5ccccc56)c43)n2)cc1. The van der Waals surface area contributed by atoms with E-state index in [0.29, 0.717) is 5.95 Å². The van der Waals surface area contributed by atoms with E-state index >= 15 is 0 Å². The summed E-state index contributed by atoms with van der Waals surface area (Å²) in [6.07, 6.45) is 0. The molecule has 224 valence electrons. The molecule has 0 aliphatic carbocycles. The van der Waals surface area contributed by atoms with Crippen molar-refractivity contribution in [3.05, 3.63) is 164 Å². The van der Waals surface area contributed by atoms with Crippen molar-refractivity contribution in [3.8, 4) is 39.6 Å². The van der Waals surface area contributed by atoms with E-state index < -0.39 is 0 Å². The molecule has 0 saturated heterocycles. The van der Waals surface area contributed by atoms with E-state index in [2.05, 4.69) is 156 Å². The van der Waals surface area contributed by atoms with Gasteiger partial charge in [-0.05, 0) is 29.0 Å². The summed E-state index contributed by atoms with van der Waals surface area (Å²) in [6, 6.07) is 58.2. The number of hydrogen-bond donors (Lipinski definition) is 0. The van der Waals surface area contributed by atoms with Gasteiger partial charge in [0.25, 0.3) is 0 Å². The lowest BCUT2D eigenvalue weighted by Crippen LogP contribution is -2.04. The molecule has 0 spiro atoms. The maximum absolute atomic E-state index is 5.34. The summed E-state index contributed by atoms with van der Waals surface area (Å²) in [6.45, 7) is 0. The first kappa shape index (κ1) is 27.1. The normalized spacial score (nSPS) is 11.8. The Labute approximate surface area is 281 Å². The van der Waals surface area contributed by atoms with Crippen LogP contribution in [-0.4, -0.2) is 14.5 Å². The van der Waals surface area contributed by atoms with Crippen molar-refractivity contribution in [3.63, 3.8) is 0 Å². The average molecular weight is 630 g/mol. The first-order chi connectivity index (χ1) is 23.8. The monoisotopic (exact) mass is 629 g/mol. The molecular formula is C44H27N3S. The van der Waals surface area contributed by atoms with Gasteiger partial charge in [0.1, 0.15) is 0 Å². The van der Waals surface area contributed by atoms with Gasteiger partial charge in [-0.15, -0.1) is 11.3 Å². The van der Waals surface area contributed by atoms with Gasteiger partial charge in [0.05, 0.1) is 22.4 Å². The van der Waals surface area contributed by atoms with E-state index in [9.17, 15) is 0 Å². The van der Waals surface area contributed by atoms with Crippen LogP contribution in [0.5, 0.6) is 0 Å². The molecule has 3 heterocycles. The second-order valence-electron chi connectivity index (χ2n) is 12.2. The Bertz CT molecular complexity index is 2770. The van der Waals surface area contributed by atoms with Crippen LogP contribution in [0.2, 0.25) is 0 Å². The fraction of sp³-hybridized carbons (Fsp3) is 0. The summed E-state index contributed by atoms with van der Waals surface area (Å²) in [5, 5.41) is 7.41. The Morgan fingerprint density at radius 1 is 0.458 bits per heavy atom. The molecule has 0 radical (unpaired) electrons. The minimum Gasteiger partial charge on any atom is -0.277 e. The molecule has 0 aliphatic heterocycles. The molecule has 4 heteroatoms. The maximum atomic E-state index is 5.34. The summed E-state index contributed by atoms with van der Waals surface area (Å²) in [5.41, 5.74) is 8.47. The van der Waals surface area contributed by atoms with Crippen molar-refractivity contribution >= 4 is 64.1 Å². The molecule has 48 heavy (non-hydrogen) atoms. The number of nitrogens with zero attached hydrogens (tertiary/aromatic N) is 3. The van der Waals surface area contributed by atoms with Crippen molar-refractivity contribution in [1.29, 1.82) is 0 Å². The molecule has 0 unspecified atom stereocenters. The van der Waals surface area contributed by atoms with Crippen LogP contribution in [0.3, 0.4) is 0 Å². The Morgan fingerprint density at radius 2 is 1.06 bits per heavy atom. The van der Waals surface area contributed by atoms with E-state index in [1.807, 2.05) is 23.5 Å². The third-order valence-corrected chi connectivity index (χ3v) is 10.6. The van der Waals surface area contributed by atoms with E-state index in [4.69, 9.17) is 9.97 Å². The van der Waals surface area contributed by atoms with Gasteiger partial charge in [0, 0.05) is 53.2 Å². The lowest BCUT2D eigenvalue weighted by Gasteiger charge is -2.14. The van der Waals surface area contributed by atoms with Crippen LogP contribution < -0.4 is 0 Å². The van der Waals surface area contributed by atoms with Crippen molar-refractivity contribution in [2.75, 3.05) is 0 Å². The number of benzene rings is 7. The second-order valence-corrected chi connectivity index (χ2v) is 13.2. The fourth-order valence-corrected chi connectivity index (χ4v) is 8.50. The molecule has 0 aliphatic rings. The number of thiophene rings is 1. The van der Waals surface area contributed by atoms with Gasteiger partial charge in [-0.25, -0.2) is 9.97 Å². The number of aromatic nitrogens is 3. The zero-order valence-electron chi connectivity index (χ0n) is 25.8. The molecule has 3 nitrogen and oxygen atoms in total. The summed E-state index contributed by atoms with van der Waals surface area (Å²) >= 11 is 1.86. The Balaban J connectivity index is 1.37. The molecular weight excluding hydrogens is 603 g/mol. The molecule has 7 aromatic carbocycles. The maximum Gasteiger partial charge on any atom is 0.235 e. The lowest BCUT2D eigenvalue weighted by atomic mass is 9.98. The molecule has 0 N–H and O–H groups in total. The van der Waals surface area contributed by atoms with Gasteiger partial charge in [0.15, 0.2) is 0 Å². The summed E-state index contributed by atoms with van der Waals surface area (Å²) in [5.74, 6) is 0.654. The van der Waals surface area contributed by atoms with E-state index in [0.717, 1.165) is 33.5 Å². The molecule has 0 atom stereocenters. The topological polar surface area (TPSA) is 30.7 Å². The van der Waals surface area contributed by atoms with Crippen LogP contribution in [0.15, 0.2) is 164 Å². The average Bonchev–Trinajstić information content (AvgIpc) is 3.72. The second kappa shape index (κ2) is 10.7. The minimum absolute atomic E-state index is 0.654. The zero-order chi connectivity index (χ0) is 31.6. The van der Waals surface area contributed by atoms with Crippen LogP contribution in [0, 0.1) is 0 Å². The lowest BCUT2D eigenvalue weighted by molar-refractivity contribution is 0.996. The Kier molecular flexibility index (Phi) is 6.05. The molecule has 0 amide bonds. The van der Waals surface area contributed by atoms with Gasteiger partial charge in [0.2, 0.25) is 5.95 Å². The number of hydrogen-bond acceptors (Lipinski definition) is 3.